The van der Waals surface area contributed by atoms with E-state index in [0.29, 0.717) is 15.3 Å². The van der Waals surface area contributed by atoms with Crippen molar-refractivity contribution in [2.24, 2.45) is 5.41 Å². The van der Waals surface area contributed by atoms with Gasteiger partial charge in [0.2, 0.25) is 0 Å². The molecule has 1 fully saturated rings. The fraction of sp³-hybridized carbons (Fsp3) is 0.636. The Morgan fingerprint density at radius 1 is 1.53 bits per heavy atom. The van der Waals surface area contributed by atoms with E-state index < -0.39 is 0 Å². The number of nitrogens with zero attached hydrogens (tertiary/aromatic N) is 1. The fourth-order valence-electron chi connectivity index (χ4n) is 2.26. The second-order valence-electron chi connectivity index (χ2n) is 4.59. The normalized spacial score (nSPS) is 18.2. The van der Waals surface area contributed by atoms with Gasteiger partial charge in [-0.25, -0.2) is 4.98 Å². The number of hydrogen-bond donors (Lipinski definition) is 2. The molecule has 6 heteroatoms. The van der Waals surface area contributed by atoms with Crippen molar-refractivity contribution in [2.45, 2.75) is 25.7 Å². The lowest BCUT2D eigenvalue weighted by molar-refractivity contribution is 0.368. The Morgan fingerprint density at radius 3 is 2.88 bits per heavy atom. The number of hydrogen-bond acceptors (Lipinski definition) is 3. The van der Waals surface area contributed by atoms with Gasteiger partial charge in [0.25, 0.3) is 5.56 Å². The summed E-state index contributed by atoms with van der Waals surface area (Å²) in [5, 5.41) is 3.26. The molecule has 2 N–H and O–H groups in total. The number of alkyl halides is 1. The minimum Gasteiger partial charge on any atom is -0.368 e. The van der Waals surface area contributed by atoms with E-state index in [-0.39, 0.29) is 11.0 Å². The van der Waals surface area contributed by atoms with Crippen molar-refractivity contribution >= 4 is 40.0 Å². The topological polar surface area (TPSA) is 57.8 Å². The summed E-state index contributed by atoms with van der Waals surface area (Å²) in [6.07, 6.45) is 6.23. The molecule has 1 aliphatic rings. The Morgan fingerprint density at radius 2 is 2.24 bits per heavy atom. The molecule has 0 aliphatic heterocycles. The van der Waals surface area contributed by atoms with Crippen LogP contribution in [0.3, 0.4) is 0 Å². The maximum atomic E-state index is 11.4. The van der Waals surface area contributed by atoms with Gasteiger partial charge in [0.1, 0.15) is 9.39 Å². The summed E-state index contributed by atoms with van der Waals surface area (Å²) in [5.41, 5.74) is 0.0731. The third kappa shape index (κ3) is 2.93. The van der Waals surface area contributed by atoms with Crippen LogP contribution in [0, 0.1) is 8.99 Å². The number of anilines is 1. The summed E-state index contributed by atoms with van der Waals surface area (Å²) in [5.74, 6) is 1.32. The second kappa shape index (κ2) is 5.56. The first-order valence-electron chi connectivity index (χ1n) is 5.70. The SMILES string of the molecule is O=c1[nH]cnc(NCC2(CCl)CCCC2)c1I. The fourth-order valence-corrected chi connectivity index (χ4v) is 3.11. The number of nitrogens with one attached hydrogen (secondary N) is 2. The van der Waals surface area contributed by atoms with E-state index in [1.807, 2.05) is 22.6 Å². The zero-order valence-corrected chi connectivity index (χ0v) is 12.3. The van der Waals surface area contributed by atoms with Crippen molar-refractivity contribution in [3.8, 4) is 0 Å². The molecule has 0 atom stereocenters. The first-order valence-corrected chi connectivity index (χ1v) is 7.31. The maximum absolute atomic E-state index is 11.4. The van der Waals surface area contributed by atoms with Gasteiger partial charge in [-0.3, -0.25) is 4.79 Å². The van der Waals surface area contributed by atoms with E-state index in [1.54, 1.807) is 0 Å². The van der Waals surface area contributed by atoms with Gasteiger partial charge < -0.3 is 10.3 Å². The molecule has 1 aromatic rings. The average Bonchev–Trinajstić information content (AvgIpc) is 2.81. The summed E-state index contributed by atoms with van der Waals surface area (Å²) in [7, 11) is 0. The van der Waals surface area contributed by atoms with E-state index in [0.717, 1.165) is 19.4 Å². The molecular weight excluding hydrogens is 352 g/mol. The number of aromatic nitrogens is 2. The van der Waals surface area contributed by atoms with Gasteiger partial charge in [-0.2, -0.15) is 0 Å². The van der Waals surface area contributed by atoms with Crippen LogP contribution in [0.1, 0.15) is 25.7 Å². The summed E-state index contributed by atoms with van der Waals surface area (Å²) in [6.45, 7) is 0.795. The molecule has 4 nitrogen and oxygen atoms in total. The van der Waals surface area contributed by atoms with Crippen molar-refractivity contribution in [3.05, 3.63) is 20.3 Å². The Labute approximate surface area is 119 Å². The predicted octanol–water partition coefficient (Wildman–Crippen LogP) is 2.59. The molecule has 0 amide bonds. The van der Waals surface area contributed by atoms with Crippen LogP contribution in [-0.4, -0.2) is 22.4 Å². The predicted molar refractivity (Wildman–Crippen MR) is 77.7 cm³/mol. The highest BCUT2D eigenvalue weighted by atomic mass is 127. The average molecular weight is 368 g/mol. The van der Waals surface area contributed by atoms with Gasteiger partial charge in [0.15, 0.2) is 0 Å². The van der Waals surface area contributed by atoms with Crippen LogP contribution < -0.4 is 10.9 Å². The molecule has 1 aliphatic carbocycles. The van der Waals surface area contributed by atoms with Gasteiger partial charge in [-0.1, -0.05) is 12.8 Å². The van der Waals surface area contributed by atoms with Gasteiger partial charge in [-0.05, 0) is 35.4 Å². The molecule has 17 heavy (non-hydrogen) atoms. The minimum atomic E-state index is -0.102. The molecular formula is C11H15ClIN3O. The summed E-state index contributed by atoms with van der Waals surface area (Å²) >= 11 is 8.08. The number of H-pyrrole nitrogens is 1. The quantitative estimate of drug-likeness (QED) is 0.635. The van der Waals surface area contributed by atoms with Crippen molar-refractivity contribution in [3.63, 3.8) is 0 Å². The van der Waals surface area contributed by atoms with Gasteiger partial charge in [0.05, 0.1) is 6.33 Å². The molecule has 0 bridgehead atoms. The van der Waals surface area contributed by atoms with E-state index in [2.05, 4.69) is 15.3 Å². The van der Waals surface area contributed by atoms with E-state index >= 15 is 0 Å². The van der Waals surface area contributed by atoms with Crippen LogP contribution in [0.2, 0.25) is 0 Å². The lowest BCUT2D eigenvalue weighted by Gasteiger charge is -2.26. The Bertz CT molecular complexity index is 443. The highest BCUT2D eigenvalue weighted by Gasteiger charge is 2.33. The van der Waals surface area contributed by atoms with Crippen LogP contribution in [0.5, 0.6) is 0 Å². The zero-order valence-electron chi connectivity index (χ0n) is 9.43. The molecule has 0 radical (unpaired) electrons. The first-order chi connectivity index (χ1) is 8.17. The first kappa shape index (κ1) is 13.1. The van der Waals surface area contributed by atoms with Crippen LogP contribution in [0.25, 0.3) is 0 Å². The minimum absolute atomic E-state index is 0.102. The van der Waals surface area contributed by atoms with Gasteiger partial charge >= 0.3 is 0 Å². The maximum Gasteiger partial charge on any atom is 0.266 e. The van der Waals surface area contributed by atoms with Gasteiger partial charge in [0, 0.05) is 17.8 Å². The highest BCUT2D eigenvalue weighted by molar-refractivity contribution is 14.1. The highest BCUT2D eigenvalue weighted by Crippen LogP contribution is 2.39. The molecule has 94 valence electrons. The van der Waals surface area contributed by atoms with Crippen molar-refractivity contribution in [2.75, 3.05) is 17.7 Å². The lowest BCUT2D eigenvalue weighted by atomic mass is 9.88. The van der Waals surface area contributed by atoms with Gasteiger partial charge in [-0.15, -0.1) is 11.6 Å². The van der Waals surface area contributed by atoms with Crippen LogP contribution >= 0.6 is 34.2 Å². The molecule has 0 aromatic carbocycles. The Hall–Kier alpha value is -0.300. The summed E-state index contributed by atoms with van der Waals surface area (Å²) < 4.78 is 0.604. The molecule has 0 unspecified atom stereocenters. The van der Waals surface area contributed by atoms with Crippen molar-refractivity contribution in [1.82, 2.24) is 9.97 Å². The standard InChI is InChI=1S/C11H15ClIN3O/c12-5-11(3-1-2-4-11)6-14-9-8(13)10(17)16-7-15-9/h7H,1-6H2,(H2,14,15,16,17). The Balaban J connectivity index is 2.06. The van der Waals surface area contributed by atoms with Crippen LogP contribution in [0.4, 0.5) is 5.82 Å². The van der Waals surface area contributed by atoms with Crippen molar-refractivity contribution < 1.29 is 0 Å². The second-order valence-corrected chi connectivity index (χ2v) is 5.93. The van der Waals surface area contributed by atoms with Crippen LogP contribution in [-0.2, 0) is 0 Å². The molecule has 0 saturated heterocycles. The van der Waals surface area contributed by atoms with Crippen LogP contribution in [0.15, 0.2) is 11.1 Å². The molecule has 1 heterocycles. The third-order valence-electron chi connectivity index (χ3n) is 3.38. The lowest BCUT2D eigenvalue weighted by Crippen LogP contribution is -2.29. The number of aromatic amines is 1. The van der Waals surface area contributed by atoms with Crippen molar-refractivity contribution in [1.29, 1.82) is 0 Å². The zero-order chi connectivity index (χ0) is 12.3. The Kier molecular flexibility index (Phi) is 4.30. The molecule has 2 rings (SSSR count). The monoisotopic (exact) mass is 367 g/mol. The molecule has 1 saturated carbocycles. The summed E-state index contributed by atoms with van der Waals surface area (Å²) in [6, 6.07) is 0. The number of rotatable bonds is 4. The smallest absolute Gasteiger partial charge is 0.266 e. The third-order valence-corrected chi connectivity index (χ3v) is 4.94. The van der Waals surface area contributed by atoms with E-state index in [9.17, 15) is 4.79 Å². The largest absolute Gasteiger partial charge is 0.368 e. The van der Waals surface area contributed by atoms with E-state index in [4.69, 9.17) is 11.6 Å². The number of halogens is 2. The van der Waals surface area contributed by atoms with E-state index in [1.165, 1.54) is 19.2 Å². The summed E-state index contributed by atoms with van der Waals surface area (Å²) in [4.78, 5) is 18.1. The molecule has 0 spiro atoms. The molecule has 1 aromatic heterocycles.